The van der Waals surface area contributed by atoms with Gasteiger partial charge in [0.2, 0.25) is 0 Å². The largest absolute Gasteiger partial charge is 0.320 e. The Kier molecular flexibility index (Phi) is 4.41. The Bertz CT molecular complexity index is 168. The van der Waals surface area contributed by atoms with Crippen LogP contribution < -0.4 is 5.32 Å². The lowest BCUT2D eigenvalue weighted by Gasteiger charge is -2.24. The van der Waals surface area contributed by atoms with Crippen molar-refractivity contribution in [2.45, 2.75) is 24.6 Å². The topological polar surface area (TPSA) is 12.0 Å². The monoisotopic (exact) mass is 207 g/mol. The maximum atomic E-state index is 6.16. The number of alkyl halides is 1. The molecular formula is C9H15Cl2N. The molecular weight excluding hydrogens is 193 g/mol. The summed E-state index contributed by atoms with van der Waals surface area (Å²) in [6, 6.07) is 0. The van der Waals surface area contributed by atoms with Crippen LogP contribution in [0.2, 0.25) is 0 Å². The van der Waals surface area contributed by atoms with E-state index in [-0.39, 0.29) is 5.38 Å². The van der Waals surface area contributed by atoms with Crippen molar-refractivity contribution in [1.82, 2.24) is 5.32 Å². The first-order chi connectivity index (χ1) is 5.74. The van der Waals surface area contributed by atoms with Crippen molar-refractivity contribution in [3.05, 3.63) is 11.1 Å². The SMILES string of the molecule is CNCCC1CC=C(Cl)CC1Cl. The van der Waals surface area contributed by atoms with Crippen LogP contribution in [0, 0.1) is 5.92 Å². The highest BCUT2D eigenvalue weighted by Gasteiger charge is 2.22. The molecule has 0 spiro atoms. The van der Waals surface area contributed by atoms with Crippen LogP contribution >= 0.6 is 23.2 Å². The molecule has 0 aromatic heterocycles. The van der Waals surface area contributed by atoms with Crippen molar-refractivity contribution in [2.24, 2.45) is 5.92 Å². The summed E-state index contributed by atoms with van der Waals surface area (Å²) in [7, 11) is 1.97. The fraction of sp³-hybridized carbons (Fsp3) is 0.778. The summed E-state index contributed by atoms with van der Waals surface area (Å²) >= 11 is 12.0. The lowest BCUT2D eigenvalue weighted by Crippen LogP contribution is -2.22. The molecule has 0 saturated heterocycles. The number of hydrogen-bond acceptors (Lipinski definition) is 1. The highest BCUT2D eigenvalue weighted by molar-refractivity contribution is 6.31. The van der Waals surface area contributed by atoms with E-state index in [1.807, 2.05) is 7.05 Å². The third kappa shape index (κ3) is 2.96. The minimum Gasteiger partial charge on any atom is -0.320 e. The molecule has 0 aliphatic heterocycles. The zero-order chi connectivity index (χ0) is 8.97. The Morgan fingerprint density at radius 2 is 2.42 bits per heavy atom. The van der Waals surface area contributed by atoms with Gasteiger partial charge in [0.1, 0.15) is 0 Å². The highest BCUT2D eigenvalue weighted by Crippen LogP contribution is 2.31. The first kappa shape index (κ1) is 10.4. The van der Waals surface area contributed by atoms with E-state index in [0.717, 1.165) is 30.8 Å². The molecule has 12 heavy (non-hydrogen) atoms. The van der Waals surface area contributed by atoms with Crippen LogP contribution in [0.1, 0.15) is 19.3 Å². The second-order valence-electron chi connectivity index (χ2n) is 3.26. The van der Waals surface area contributed by atoms with Gasteiger partial charge < -0.3 is 5.32 Å². The molecule has 0 radical (unpaired) electrons. The molecule has 2 unspecified atom stereocenters. The summed E-state index contributed by atoms with van der Waals surface area (Å²) in [6.45, 7) is 1.04. The van der Waals surface area contributed by atoms with E-state index in [1.165, 1.54) is 0 Å². The van der Waals surface area contributed by atoms with Gasteiger partial charge in [0, 0.05) is 10.4 Å². The smallest absolute Gasteiger partial charge is 0.0416 e. The predicted octanol–water partition coefficient (Wildman–Crippen LogP) is 2.74. The average molecular weight is 208 g/mol. The molecule has 70 valence electrons. The van der Waals surface area contributed by atoms with Gasteiger partial charge in [-0.3, -0.25) is 0 Å². The number of allylic oxidation sites excluding steroid dienone is 2. The second-order valence-corrected chi connectivity index (χ2v) is 4.31. The summed E-state index contributed by atoms with van der Waals surface area (Å²) in [4.78, 5) is 0. The normalized spacial score (nSPS) is 30.1. The molecule has 1 nitrogen and oxygen atoms in total. The average Bonchev–Trinajstić information content (AvgIpc) is 2.03. The Morgan fingerprint density at radius 1 is 1.67 bits per heavy atom. The molecule has 1 aliphatic carbocycles. The third-order valence-electron chi connectivity index (χ3n) is 2.31. The van der Waals surface area contributed by atoms with E-state index in [9.17, 15) is 0 Å². The van der Waals surface area contributed by atoms with E-state index < -0.39 is 0 Å². The van der Waals surface area contributed by atoms with Gasteiger partial charge in [-0.1, -0.05) is 17.7 Å². The van der Waals surface area contributed by atoms with E-state index in [2.05, 4.69) is 11.4 Å². The molecule has 1 rings (SSSR count). The Labute approximate surface area is 84.1 Å². The Hall–Kier alpha value is 0.280. The van der Waals surface area contributed by atoms with Crippen molar-refractivity contribution in [2.75, 3.05) is 13.6 Å². The maximum absolute atomic E-state index is 6.16. The number of hydrogen-bond donors (Lipinski definition) is 1. The zero-order valence-corrected chi connectivity index (χ0v) is 8.83. The Balaban J connectivity index is 2.35. The molecule has 0 saturated carbocycles. The molecule has 3 heteroatoms. The van der Waals surface area contributed by atoms with Crippen LogP contribution in [0.3, 0.4) is 0 Å². The van der Waals surface area contributed by atoms with Gasteiger partial charge in [-0.15, -0.1) is 11.6 Å². The minimum absolute atomic E-state index is 0.232. The van der Waals surface area contributed by atoms with Crippen LogP contribution in [0.15, 0.2) is 11.1 Å². The molecule has 2 atom stereocenters. The third-order valence-corrected chi connectivity index (χ3v) is 3.13. The van der Waals surface area contributed by atoms with Gasteiger partial charge in [0.05, 0.1) is 0 Å². The van der Waals surface area contributed by atoms with Crippen molar-refractivity contribution in [1.29, 1.82) is 0 Å². The first-order valence-electron chi connectivity index (χ1n) is 4.37. The predicted molar refractivity (Wildman–Crippen MR) is 54.8 cm³/mol. The van der Waals surface area contributed by atoms with Crippen molar-refractivity contribution in [3.63, 3.8) is 0 Å². The first-order valence-corrected chi connectivity index (χ1v) is 5.18. The number of halogens is 2. The van der Waals surface area contributed by atoms with Crippen molar-refractivity contribution < 1.29 is 0 Å². The molecule has 0 heterocycles. The van der Waals surface area contributed by atoms with Gasteiger partial charge in [0.25, 0.3) is 0 Å². The van der Waals surface area contributed by atoms with Crippen LogP contribution in [-0.4, -0.2) is 19.0 Å². The standard InChI is InChI=1S/C9H15Cl2N/c1-12-5-4-7-2-3-8(10)6-9(7)11/h3,7,9,12H,2,4-6H2,1H3. The van der Waals surface area contributed by atoms with Crippen LogP contribution in [0.4, 0.5) is 0 Å². The summed E-state index contributed by atoms with van der Waals surface area (Å²) in [5.74, 6) is 0.599. The van der Waals surface area contributed by atoms with Crippen LogP contribution in [-0.2, 0) is 0 Å². The fourth-order valence-corrected chi connectivity index (χ4v) is 2.22. The lowest BCUT2D eigenvalue weighted by atomic mass is 9.91. The van der Waals surface area contributed by atoms with Gasteiger partial charge in [0.15, 0.2) is 0 Å². The molecule has 0 fully saturated rings. The highest BCUT2D eigenvalue weighted by atomic mass is 35.5. The Morgan fingerprint density at radius 3 is 3.00 bits per heavy atom. The van der Waals surface area contributed by atoms with Gasteiger partial charge in [-0.05, 0) is 38.8 Å². The summed E-state index contributed by atoms with van der Waals surface area (Å²) < 4.78 is 0. The minimum atomic E-state index is 0.232. The molecule has 0 aromatic carbocycles. The maximum Gasteiger partial charge on any atom is 0.0416 e. The molecule has 1 aliphatic rings. The molecule has 1 N–H and O–H groups in total. The summed E-state index contributed by atoms with van der Waals surface area (Å²) in [6.07, 6.45) is 5.12. The van der Waals surface area contributed by atoms with Crippen molar-refractivity contribution in [3.8, 4) is 0 Å². The lowest BCUT2D eigenvalue weighted by molar-refractivity contribution is 0.443. The number of nitrogens with one attached hydrogen (secondary N) is 1. The van der Waals surface area contributed by atoms with E-state index in [1.54, 1.807) is 0 Å². The molecule has 0 amide bonds. The van der Waals surface area contributed by atoms with Gasteiger partial charge >= 0.3 is 0 Å². The van der Waals surface area contributed by atoms with Crippen molar-refractivity contribution >= 4 is 23.2 Å². The zero-order valence-electron chi connectivity index (χ0n) is 7.32. The summed E-state index contributed by atoms with van der Waals surface area (Å²) in [5.41, 5.74) is 0. The summed E-state index contributed by atoms with van der Waals surface area (Å²) in [5, 5.41) is 4.29. The van der Waals surface area contributed by atoms with Gasteiger partial charge in [-0.2, -0.15) is 0 Å². The fourth-order valence-electron chi connectivity index (χ4n) is 1.49. The second kappa shape index (κ2) is 5.11. The van der Waals surface area contributed by atoms with Gasteiger partial charge in [-0.25, -0.2) is 0 Å². The number of rotatable bonds is 3. The van der Waals surface area contributed by atoms with E-state index in [4.69, 9.17) is 23.2 Å². The van der Waals surface area contributed by atoms with Crippen LogP contribution in [0.5, 0.6) is 0 Å². The quantitative estimate of drug-likeness (QED) is 0.703. The molecule has 0 aromatic rings. The van der Waals surface area contributed by atoms with Crippen LogP contribution in [0.25, 0.3) is 0 Å². The van der Waals surface area contributed by atoms with E-state index >= 15 is 0 Å². The van der Waals surface area contributed by atoms with E-state index in [0.29, 0.717) is 5.92 Å². The molecule has 0 bridgehead atoms.